The van der Waals surface area contributed by atoms with Crippen LogP contribution in [0.5, 0.6) is 0 Å². The van der Waals surface area contributed by atoms with Crippen LogP contribution in [0.15, 0.2) is 12.5 Å². The minimum Gasteiger partial charge on any atom is -0.356 e. The van der Waals surface area contributed by atoms with Crippen LogP contribution in [0.25, 0.3) is 0 Å². The number of nitrogens with zero attached hydrogens (tertiary/aromatic N) is 3. The molecule has 1 saturated heterocycles. The van der Waals surface area contributed by atoms with E-state index in [0.717, 1.165) is 24.5 Å². The molecule has 1 aromatic rings. The van der Waals surface area contributed by atoms with E-state index in [0.29, 0.717) is 6.54 Å². The molecule has 4 nitrogen and oxygen atoms in total. The fourth-order valence-corrected chi connectivity index (χ4v) is 1.71. The van der Waals surface area contributed by atoms with Gasteiger partial charge in [0.1, 0.15) is 12.1 Å². The van der Waals surface area contributed by atoms with E-state index in [1.807, 2.05) is 0 Å². The van der Waals surface area contributed by atoms with Crippen molar-refractivity contribution >= 4 is 5.82 Å². The summed E-state index contributed by atoms with van der Waals surface area (Å²) < 4.78 is 0. The quantitative estimate of drug-likeness (QED) is 0.718. The van der Waals surface area contributed by atoms with E-state index < -0.39 is 0 Å². The van der Waals surface area contributed by atoms with Crippen molar-refractivity contribution < 1.29 is 0 Å². The second kappa shape index (κ2) is 3.70. The summed E-state index contributed by atoms with van der Waals surface area (Å²) in [4.78, 5) is 10.5. The largest absolute Gasteiger partial charge is 0.356 e. The second-order valence-electron chi connectivity index (χ2n) is 3.27. The van der Waals surface area contributed by atoms with Crippen molar-refractivity contribution in [1.29, 1.82) is 0 Å². The third-order valence-electron chi connectivity index (χ3n) is 2.39. The van der Waals surface area contributed by atoms with E-state index >= 15 is 0 Å². The molecule has 1 aliphatic heterocycles. The van der Waals surface area contributed by atoms with Gasteiger partial charge in [0.05, 0.1) is 0 Å². The van der Waals surface area contributed by atoms with Crippen LogP contribution in [0.1, 0.15) is 18.4 Å². The average Bonchev–Trinajstić information content (AvgIpc) is 2.70. The maximum absolute atomic E-state index is 5.61. The third kappa shape index (κ3) is 1.62. The first kappa shape index (κ1) is 8.44. The van der Waals surface area contributed by atoms with Gasteiger partial charge in [-0.05, 0) is 12.8 Å². The molecule has 70 valence electrons. The number of rotatable bonds is 2. The van der Waals surface area contributed by atoms with Crippen molar-refractivity contribution in [3.05, 3.63) is 18.1 Å². The molecule has 4 heteroatoms. The Morgan fingerprint density at radius 1 is 1.38 bits per heavy atom. The highest BCUT2D eigenvalue weighted by molar-refractivity contribution is 5.45. The molecule has 0 saturated carbocycles. The highest BCUT2D eigenvalue weighted by atomic mass is 15.2. The summed E-state index contributed by atoms with van der Waals surface area (Å²) in [5.41, 5.74) is 6.66. The van der Waals surface area contributed by atoms with Crippen molar-refractivity contribution in [2.45, 2.75) is 19.4 Å². The van der Waals surface area contributed by atoms with Gasteiger partial charge in [0.15, 0.2) is 0 Å². The predicted octanol–water partition coefficient (Wildman–Crippen LogP) is 0.535. The van der Waals surface area contributed by atoms with Gasteiger partial charge in [-0.15, -0.1) is 0 Å². The zero-order chi connectivity index (χ0) is 9.10. The molecule has 0 atom stereocenters. The monoisotopic (exact) mass is 178 g/mol. The third-order valence-corrected chi connectivity index (χ3v) is 2.39. The Hall–Kier alpha value is -1.16. The fraction of sp³-hybridized carbons (Fsp3) is 0.556. The number of hydrogen-bond donors (Lipinski definition) is 1. The first-order valence-corrected chi connectivity index (χ1v) is 4.65. The SMILES string of the molecule is NCc1cncnc1N1CCCC1. The van der Waals surface area contributed by atoms with Crippen LogP contribution in [-0.2, 0) is 6.54 Å². The van der Waals surface area contributed by atoms with Crippen LogP contribution in [0.4, 0.5) is 5.82 Å². The lowest BCUT2D eigenvalue weighted by Crippen LogP contribution is -2.21. The molecule has 2 rings (SSSR count). The normalized spacial score (nSPS) is 16.5. The molecule has 2 N–H and O–H groups in total. The van der Waals surface area contributed by atoms with Crippen molar-refractivity contribution in [3.8, 4) is 0 Å². The van der Waals surface area contributed by atoms with E-state index in [2.05, 4.69) is 14.9 Å². The minimum atomic E-state index is 0.521. The van der Waals surface area contributed by atoms with Crippen LogP contribution >= 0.6 is 0 Å². The Balaban J connectivity index is 2.26. The van der Waals surface area contributed by atoms with E-state index in [1.54, 1.807) is 12.5 Å². The molecule has 1 aliphatic rings. The lowest BCUT2D eigenvalue weighted by Gasteiger charge is -2.18. The molecule has 0 aliphatic carbocycles. The Kier molecular flexibility index (Phi) is 2.40. The highest BCUT2D eigenvalue weighted by Gasteiger charge is 2.15. The Morgan fingerprint density at radius 3 is 2.85 bits per heavy atom. The number of nitrogens with two attached hydrogens (primary N) is 1. The summed E-state index contributed by atoms with van der Waals surface area (Å²) in [6.07, 6.45) is 5.91. The van der Waals surface area contributed by atoms with Crippen molar-refractivity contribution in [2.75, 3.05) is 18.0 Å². The second-order valence-corrected chi connectivity index (χ2v) is 3.27. The van der Waals surface area contributed by atoms with Crippen LogP contribution in [0.2, 0.25) is 0 Å². The molecular weight excluding hydrogens is 164 g/mol. The highest BCUT2D eigenvalue weighted by Crippen LogP contribution is 2.20. The first-order chi connectivity index (χ1) is 6.42. The van der Waals surface area contributed by atoms with Gasteiger partial charge in [-0.1, -0.05) is 0 Å². The molecule has 1 aromatic heterocycles. The summed E-state index contributed by atoms with van der Waals surface area (Å²) in [6.45, 7) is 2.72. The van der Waals surface area contributed by atoms with Gasteiger partial charge in [0, 0.05) is 31.4 Å². The maximum Gasteiger partial charge on any atom is 0.136 e. The van der Waals surface area contributed by atoms with Gasteiger partial charge in [-0.2, -0.15) is 0 Å². The lowest BCUT2D eigenvalue weighted by molar-refractivity contribution is 0.891. The molecule has 0 unspecified atom stereocenters. The standard InChI is InChI=1S/C9H14N4/c10-5-8-6-11-7-12-9(8)13-3-1-2-4-13/h6-7H,1-5,10H2. The average molecular weight is 178 g/mol. The summed E-state index contributed by atoms with van der Waals surface area (Å²) >= 11 is 0. The number of aromatic nitrogens is 2. The predicted molar refractivity (Wildman–Crippen MR) is 51.4 cm³/mol. The van der Waals surface area contributed by atoms with Gasteiger partial charge in [-0.3, -0.25) is 0 Å². The smallest absolute Gasteiger partial charge is 0.136 e. The van der Waals surface area contributed by atoms with Gasteiger partial charge < -0.3 is 10.6 Å². The van der Waals surface area contributed by atoms with Gasteiger partial charge in [0.25, 0.3) is 0 Å². The van der Waals surface area contributed by atoms with E-state index in [-0.39, 0.29) is 0 Å². The maximum atomic E-state index is 5.61. The summed E-state index contributed by atoms with van der Waals surface area (Å²) in [5, 5.41) is 0. The molecular formula is C9H14N4. The Bertz CT molecular complexity index is 281. The van der Waals surface area contributed by atoms with Crippen molar-refractivity contribution in [3.63, 3.8) is 0 Å². The van der Waals surface area contributed by atoms with Crippen LogP contribution in [0.3, 0.4) is 0 Å². The zero-order valence-corrected chi connectivity index (χ0v) is 7.61. The molecule has 13 heavy (non-hydrogen) atoms. The molecule has 0 aromatic carbocycles. The molecule has 0 radical (unpaired) electrons. The van der Waals surface area contributed by atoms with Crippen LogP contribution in [0, 0.1) is 0 Å². The summed E-state index contributed by atoms with van der Waals surface area (Å²) in [6, 6.07) is 0. The molecule has 2 heterocycles. The molecule has 1 fully saturated rings. The fourth-order valence-electron chi connectivity index (χ4n) is 1.71. The number of anilines is 1. The van der Waals surface area contributed by atoms with Gasteiger partial charge >= 0.3 is 0 Å². The lowest BCUT2D eigenvalue weighted by atomic mass is 10.3. The van der Waals surface area contributed by atoms with E-state index in [1.165, 1.54) is 12.8 Å². The number of hydrogen-bond acceptors (Lipinski definition) is 4. The first-order valence-electron chi connectivity index (χ1n) is 4.65. The summed E-state index contributed by atoms with van der Waals surface area (Å²) in [7, 11) is 0. The van der Waals surface area contributed by atoms with E-state index in [4.69, 9.17) is 5.73 Å². The molecule has 0 amide bonds. The topological polar surface area (TPSA) is 55.0 Å². The molecule has 0 spiro atoms. The Labute approximate surface area is 77.8 Å². The van der Waals surface area contributed by atoms with E-state index in [9.17, 15) is 0 Å². The van der Waals surface area contributed by atoms with Gasteiger partial charge in [-0.25, -0.2) is 9.97 Å². The zero-order valence-electron chi connectivity index (χ0n) is 7.61. The van der Waals surface area contributed by atoms with Gasteiger partial charge in [0.2, 0.25) is 0 Å². The van der Waals surface area contributed by atoms with Crippen LogP contribution < -0.4 is 10.6 Å². The molecule has 0 bridgehead atoms. The summed E-state index contributed by atoms with van der Waals surface area (Å²) in [5.74, 6) is 1.02. The van der Waals surface area contributed by atoms with Crippen molar-refractivity contribution in [1.82, 2.24) is 9.97 Å². The minimum absolute atomic E-state index is 0.521. The van der Waals surface area contributed by atoms with Crippen molar-refractivity contribution in [2.24, 2.45) is 5.73 Å². The Morgan fingerprint density at radius 2 is 2.15 bits per heavy atom. The van der Waals surface area contributed by atoms with Crippen LogP contribution in [-0.4, -0.2) is 23.1 Å².